The molecule has 2 N–H and O–H groups in total. The van der Waals surface area contributed by atoms with Crippen molar-refractivity contribution in [2.75, 3.05) is 24.9 Å². The van der Waals surface area contributed by atoms with Crippen LogP contribution in [0.4, 0.5) is 19.0 Å². The molecule has 3 heterocycles. The predicted molar refractivity (Wildman–Crippen MR) is 146 cm³/mol. The number of pyridine rings is 1. The van der Waals surface area contributed by atoms with Gasteiger partial charge in [-0.25, -0.2) is 13.2 Å². The van der Waals surface area contributed by atoms with Gasteiger partial charge in [-0.1, -0.05) is 22.8 Å². The molecule has 1 aliphatic rings. The van der Waals surface area contributed by atoms with E-state index in [9.17, 15) is 26.4 Å². The lowest BCUT2D eigenvalue weighted by atomic mass is 9.97. The molecule has 0 fully saturated rings. The smallest absolute Gasteiger partial charge is 0.475 e. The van der Waals surface area contributed by atoms with Gasteiger partial charge in [-0.2, -0.15) is 13.2 Å². The van der Waals surface area contributed by atoms with Crippen molar-refractivity contribution in [2.24, 2.45) is 0 Å². The van der Waals surface area contributed by atoms with Crippen LogP contribution in [0.3, 0.4) is 0 Å². The number of alkyl halides is 3. The minimum atomic E-state index is -5.08. The molecule has 41 heavy (non-hydrogen) atoms. The number of aliphatic carboxylic acids is 1. The van der Waals surface area contributed by atoms with E-state index in [0.29, 0.717) is 21.6 Å². The minimum absolute atomic E-state index is 0.0440. The van der Waals surface area contributed by atoms with E-state index in [4.69, 9.17) is 21.5 Å². The Hall–Kier alpha value is -4.14. The first-order valence-corrected chi connectivity index (χ1v) is 13.7. The fraction of sp³-hybridized carbons (Fsp3) is 0.192. The molecule has 10 nitrogen and oxygen atoms in total. The number of anilines is 1. The Morgan fingerprint density at radius 2 is 1.85 bits per heavy atom. The fourth-order valence-corrected chi connectivity index (χ4v) is 5.28. The molecule has 4 aromatic rings. The SMILES string of the molecule is CN1CC=C(c2cc(Cl)ccc2-n2c(=O)ccc3cc(S(=O)(=O)Nc4ccon4)ccc32)CC1.O=C(O)C(F)(F)F. The first-order valence-electron chi connectivity index (χ1n) is 11.8. The Bertz CT molecular complexity index is 1790. The zero-order valence-corrected chi connectivity index (χ0v) is 22.8. The van der Waals surface area contributed by atoms with Gasteiger partial charge in [0.1, 0.15) is 6.26 Å². The number of carboxylic acids is 1. The van der Waals surface area contributed by atoms with Gasteiger partial charge in [0.2, 0.25) is 0 Å². The van der Waals surface area contributed by atoms with Crippen molar-refractivity contribution in [3.8, 4) is 5.69 Å². The normalized spacial score (nSPS) is 14.2. The number of sulfonamides is 1. The van der Waals surface area contributed by atoms with Crippen molar-refractivity contribution in [3.05, 3.63) is 87.9 Å². The molecular weight excluding hydrogens is 589 g/mol. The van der Waals surface area contributed by atoms with Crippen LogP contribution in [0.1, 0.15) is 12.0 Å². The van der Waals surface area contributed by atoms with Crippen LogP contribution >= 0.6 is 11.6 Å². The lowest BCUT2D eigenvalue weighted by Crippen LogP contribution is -2.24. The van der Waals surface area contributed by atoms with Crippen molar-refractivity contribution >= 4 is 49.9 Å². The van der Waals surface area contributed by atoms with E-state index in [2.05, 4.69) is 32.4 Å². The van der Waals surface area contributed by atoms with Gasteiger partial charge in [0, 0.05) is 41.2 Å². The summed E-state index contributed by atoms with van der Waals surface area (Å²) >= 11 is 6.33. The summed E-state index contributed by atoms with van der Waals surface area (Å²) in [4.78, 5) is 24.2. The first-order chi connectivity index (χ1) is 19.3. The molecule has 0 saturated carbocycles. The highest BCUT2D eigenvalue weighted by atomic mass is 35.5. The van der Waals surface area contributed by atoms with E-state index in [1.54, 1.807) is 22.8 Å². The van der Waals surface area contributed by atoms with Crippen LogP contribution in [0.5, 0.6) is 0 Å². The second-order valence-corrected chi connectivity index (χ2v) is 11.0. The maximum absolute atomic E-state index is 13.1. The van der Waals surface area contributed by atoms with Crippen molar-refractivity contribution in [2.45, 2.75) is 17.5 Å². The van der Waals surface area contributed by atoms with E-state index in [1.165, 1.54) is 30.5 Å². The van der Waals surface area contributed by atoms with E-state index in [1.807, 2.05) is 12.1 Å². The number of rotatable bonds is 5. The number of hydrogen-bond donors (Lipinski definition) is 2. The van der Waals surface area contributed by atoms with E-state index < -0.39 is 22.2 Å². The second-order valence-electron chi connectivity index (χ2n) is 8.92. The van der Waals surface area contributed by atoms with Gasteiger partial charge in [-0.15, -0.1) is 0 Å². The molecule has 0 amide bonds. The molecule has 0 aliphatic carbocycles. The molecule has 0 saturated heterocycles. The topological polar surface area (TPSA) is 135 Å². The molecule has 15 heteroatoms. The number of nitrogens with zero attached hydrogens (tertiary/aromatic N) is 3. The average molecular weight is 611 g/mol. The Balaban J connectivity index is 0.000000493. The zero-order chi connectivity index (χ0) is 29.9. The van der Waals surface area contributed by atoms with Crippen molar-refractivity contribution in [3.63, 3.8) is 0 Å². The number of nitrogens with one attached hydrogen (secondary N) is 1. The number of hydrogen-bond acceptors (Lipinski definition) is 7. The Kier molecular flexibility index (Phi) is 8.56. The summed E-state index contributed by atoms with van der Waals surface area (Å²) in [5, 5.41) is 11.9. The van der Waals surface area contributed by atoms with Crippen molar-refractivity contribution in [1.29, 1.82) is 0 Å². The van der Waals surface area contributed by atoms with Crippen LogP contribution < -0.4 is 10.3 Å². The molecule has 0 atom stereocenters. The summed E-state index contributed by atoms with van der Waals surface area (Å²) in [6, 6.07) is 14.5. The average Bonchev–Trinajstić information content (AvgIpc) is 3.41. The van der Waals surface area contributed by atoms with Gasteiger partial charge in [0.05, 0.1) is 16.1 Å². The standard InChI is InChI=1S/C24H21ClN4O4S.C2HF3O2/c1-28-11-8-16(9-12-28)20-15-18(25)3-5-22(20)29-21-6-4-19(14-17(21)2-7-24(29)30)34(31,32)27-23-10-13-33-26-23;3-2(4,5)1(6)7/h2-8,10,13-15H,9,11-12H2,1H3,(H,26,27);(H,6,7). The summed E-state index contributed by atoms with van der Waals surface area (Å²) in [5.74, 6) is -2.67. The Morgan fingerprint density at radius 3 is 2.46 bits per heavy atom. The number of carbonyl (C=O) groups is 1. The van der Waals surface area contributed by atoms with Crippen LogP contribution in [0.15, 0.2) is 81.1 Å². The molecule has 1 aliphatic heterocycles. The Morgan fingerprint density at radius 1 is 1.12 bits per heavy atom. The largest absolute Gasteiger partial charge is 0.490 e. The zero-order valence-electron chi connectivity index (χ0n) is 21.2. The van der Waals surface area contributed by atoms with E-state index in [-0.39, 0.29) is 16.3 Å². The van der Waals surface area contributed by atoms with Gasteiger partial charge in [0.25, 0.3) is 15.6 Å². The maximum Gasteiger partial charge on any atom is 0.490 e. The summed E-state index contributed by atoms with van der Waals surface area (Å²) in [7, 11) is -1.83. The molecule has 0 radical (unpaired) electrons. The third-order valence-electron chi connectivity index (χ3n) is 6.05. The van der Waals surface area contributed by atoms with Gasteiger partial charge >= 0.3 is 12.1 Å². The summed E-state index contributed by atoms with van der Waals surface area (Å²) in [6.07, 6.45) is -0.824. The highest BCUT2D eigenvalue weighted by Gasteiger charge is 2.38. The highest BCUT2D eigenvalue weighted by molar-refractivity contribution is 7.92. The number of halogens is 4. The van der Waals surface area contributed by atoms with Crippen molar-refractivity contribution < 1.29 is 36.0 Å². The summed E-state index contributed by atoms with van der Waals surface area (Å²) in [6.45, 7) is 1.72. The molecule has 216 valence electrons. The Labute approximate surface area is 236 Å². The molecule has 0 bridgehead atoms. The number of benzene rings is 2. The molecule has 0 unspecified atom stereocenters. The van der Waals surface area contributed by atoms with Crippen LogP contribution in [0, 0.1) is 0 Å². The van der Waals surface area contributed by atoms with Crippen LogP contribution in [-0.4, -0.2) is 60.4 Å². The van der Waals surface area contributed by atoms with Gasteiger partial charge < -0.3 is 14.5 Å². The van der Waals surface area contributed by atoms with Gasteiger partial charge in [-0.05, 0) is 61.5 Å². The number of carboxylic acid groups (broad SMARTS) is 1. The summed E-state index contributed by atoms with van der Waals surface area (Å²) < 4.78 is 66.0. The van der Waals surface area contributed by atoms with E-state index >= 15 is 0 Å². The number of likely N-dealkylation sites (N-methyl/N-ethyl adjacent to an activating group) is 1. The monoisotopic (exact) mass is 610 g/mol. The number of fused-ring (bicyclic) bond motifs is 1. The molecule has 0 spiro atoms. The summed E-state index contributed by atoms with van der Waals surface area (Å²) in [5.41, 5.74) is 3.08. The fourth-order valence-electron chi connectivity index (χ4n) is 4.08. The number of aromatic nitrogens is 2. The van der Waals surface area contributed by atoms with E-state index in [0.717, 1.165) is 30.6 Å². The molecular formula is C26H22ClF3N4O6S. The third-order valence-corrected chi connectivity index (χ3v) is 7.64. The predicted octanol–water partition coefficient (Wildman–Crippen LogP) is 4.79. The third kappa shape index (κ3) is 6.96. The van der Waals surface area contributed by atoms with Crippen molar-refractivity contribution in [1.82, 2.24) is 14.6 Å². The minimum Gasteiger partial charge on any atom is -0.475 e. The second kappa shape index (κ2) is 11.8. The van der Waals surface area contributed by atoms with Crippen LogP contribution in [0.2, 0.25) is 5.02 Å². The van der Waals surface area contributed by atoms with Crippen LogP contribution in [0.25, 0.3) is 22.2 Å². The lowest BCUT2D eigenvalue weighted by Gasteiger charge is -2.24. The highest BCUT2D eigenvalue weighted by Crippen LogP contribution is 2.31. The lowest BCUT2D eigenvalue weighted by molar-refractivity contribution is -0.192. The van der Waals surface area contributed by atoms with Gasteiger partial charge in [0.15, 0.2) is 5.82 Å². The molecule has 2 aromatic heterocycles. The maximum atomic E-state index is 13.1. The molecule has 5 rings (SSSR count). The first kappa shape index (κ1) is 29.8. The molecule has 2 aromatic carbocycles. The van der Waals surface area contributed by atoms with Gasteiger partial charge in [-0.3, -0.25) is 14.1 Å². The van der Waals surface area contributed by atoms with Crippen LogP contribution in [-0.2, 0) is 14.8 Å². The quantitative estimate of drug-likeness (QED) is 0.330.